The van der Waals surface area contributed by atoms with Gasteiger partial charge in [-0.15, -0.1) is 0 Å². The Bertz CT molecular complexity index is 1180. The van der Waals surface area contributed by atoms with Gasteiger partial charge in [-0.25, -0.2) is 0 Å². The number of nitrogens with one attached hydrogen (secondary N) is 2. The molecule has 1 fully saturated rings. The highest BCUT2D eigenvalue weighted by Crippen LogP contribution is 2.26. The number of rotatable bonds is 7. The molecule has 0 bridgehead atoms. The average molecular weight is 447 g/mol. The minimum absolute atomic E-state index is 0.101. The smallest absolute Gasteiger partial charge is 0.237 e. The molecule has 2 aromatic carbocycles. The summed E-state index contributed by atoms with van der Waals surface area (Å²) in [5.74, 6) is 0.611. The number of carbonyl (C=O) groups is 2. The van der Waals surface area contributed by atoms with Gasteiger partial charge in [0.1, 0.15) is 5.75 Å². The summed E-state index contributed by atoms with van der Waals surface area (Å²) in [5, 5.41) is 6.91. The number of aromatic nitrogens is 1. The molecule has 172 valence electrons. The molecule has 0 spiro atoms. The van der Waals surface area contributed by atoms with Gasteiger partial charge < -0.3 is 15.4 Å². The van der Waals surface area contributed by atoms with Gasteiger partial charge in [0.2, 0.25) is 11.8 Å². The van der Waals surface area contributed by atoms with Crippen molar-refractivity contribution in [3.8, 4) is 5.75 Å². The van der Waals surface area contributed by atoms with Crippen LogP contribution in [0.1, 0.15) is 28.7 Å². The fraction of sp³-hybridized carbons (Fsp3) is 0.346. The van der Waals surface area contributed by atoms with Crippen LogP contribution in [0.2, 0.25) is 0 Å². The van der Waals surface area contributed by atoms with Gasteiger partial charge in [-0.05, 0) is 60.4 Å². The van der Waals surface area contributed by atoms with Gasteiger partial charge >= 0.3 is 0 Å². The molecule has 1 aliphatic heterocycles. The van der Waals surface area contributed by atoms with E-state index in [1.54, 1.807) is 13.3 Å². The van der Waals surface area contributed by atoms with Crippen molar-refractivity contribution < 1.29 is 14.3 Å². The molecule has 7 nitrogen and oxygen atoms in total. The van der Waals surface area contributed by atoms with Crippen molar-refractivity contribution in [1.29, 1.82) is 0 Å². The zero-order valence-corrected chi connectivity index (χ0v) is 19.4. The summed E-state index contributed by atoms with van der Waals surface area (Å²) in [4.78, 5) is 31.8. The highest BCUT2D eigenvalue weighted by atomic mass is 16.5. The zero-order valence-electron chi connectivity index (χ0n) is 19.4. The Labute approximate surface area is 194 Å². The lowest BCUT2D eigenvalue weighted by atomic mass is 10.00. The van der Waals surface area contributed by atoms with Gasteiger partial charge in [0.05, 0.1) is 25.1 Å². The molecule has 1 unspecified atom stereocenters. The number of hydrogen-bond donors (Lipinski definition) is 2. The number of benzene rings is 2. The number of fused-ring (bicyclic) bond motifs is 1. The third kappa shape index (κ3) is 5.14. The van der Waals surface area contributed by atoms with E-state index < -0.39 is 6.04 Å². The summed E-state index contributed by atoms with van der Waals surface area (Å²) in [6.07, 6.45) is 1.88. The van der Waals surface area contributed by atoms with E-state index in [1.165, 1.54) is 0 Å². The van der Waals surface area contributed by atoms with E-state index in [0.717, 1.165) is 38.9 Å². The lowest BCUT2D eigenvalue weighted by molar-refractivity contribution is -0.134. The van der Waals surface area contributed by atoms with E-state index in [9.17, 15) is 9.59 Å². The molecule has 2 heterocycles. The van der Waals surface area contributed by atoms with Crippen LogP contribution in [0.5, 0.6) is 5.75 Å². The topological polar surface area (TPSA) is 83.6 Å². The van der Waals surface area contributed by atoms with Crippen LogP contribution in [0.3, 0.4) is 0 Å². The molecule has 0 saturated carbocycles. The lowest BCUT2D eigenvalue weighted by Crippen LogP contribution is -2.56. The molecule has 2 amide bonds. The SMILES string of the molecule is COc1ccc(CN2CCNC(=O)C2CC(=O)NCc2ccc3ncccc3c2)c(C)c1C. The van der Waals surface area contributed by atoms with E-state index in [0.29, 0.717) is 26.2 Å². The van der Waals surface area contributed by atoms with Crippen molar-refractivity contribution in [3.05, 3.63) is 70.9 Å². The predicted octanol–water partition coefficient (Wildman–Crippen LogP) is 2.87. The number of carbonyl (C=O) groups excluding carboxylic acids is 2. The Kier molecular flexibility index (Phi) is 6.89. The van der Waals surface area contributed by atoms with E-state index >= 15 is 0 Å². The number of piperazine rings is 1. The maximum atomic E-state index is 12.7. The van der Waals surface area contributed by atoms with Gasteiger partial charge in [-0.2, -0.15) is 0 Å². The van der Waals surface area contributed by atoms with Crippen LogP contribution in [-0.2, 0) is 22.7 Å². The Morgan fingerprint density at radius 2 is 2.06 bits per heavy atom. The Balaban J connectivity index is 1.41. The first-order chi connectivity index (χ1) is 16.0. The standard InChI is InChI=1S/C26H30N4O3/c1-17-18(2)24(33-3)9-7-21(17)16-30-12-11-28-26(32)23(30)14-25(31)29-15-19-6-8-22-20(13-19)5-4-10-27-22/h4-10,13,23H,11-12,14-16H2,1-3H3,(H,28,32)(H,29,31). The van der Waals surface area contributed by atoms with Crippen molar-refractivity contribution in [2.45, 2.75) is 39.4 Å². The monoisotopic (exact) mass is 446 g/mol. The molecule has 4 rings (SSSR count). The molecule has 2 N–H and O–H groups in total. The number of nitrogens with zero attached hydrogens (tertiary/aromatic N) is 2. The molecule has 0 radical (unpaired) electrons. The maximum Gasteiger partial charge on any atom is 0.237 e. The van der Waals surface area contributed by atoms with Crippen LogP contribution < -0.4 is 15.4 Å². The van der Waals surface area contributed by atoms with Gasteiger partial charge in [0.25, 0.3) is 0 Å². The van der Waals surface area contributed by atoms with Crippen LogP contribution in [0.15, 0.2) is 48.7 Å². The van der Waals surface area contributed by atoms with Crippen molar-refractivity contribution >= 4 is 22.7 Å². The van der Waals surface area contributed by atoms with Gasteiger partial charge in [0.15, 0.2) is 0 Å². The molecule has 1 saturated heterocycles. The summed E-state index contributed by atoms with van der Waals surface area (Å²) in [7, 11) is 1.67. The highest BCUT2D eigenvalue weighted by Gasteiger charge is 2.32. The second-order valence-corrected chi connectivity index (χ2v) is 8.47. The Morgan fingerprint density at radius 1 is 1.21 bits per heavy atom. The normalized spacial score (nSPS) is 16.5. The zero-order chi connectivity index (χ0) is 23.4. The number of ether oxygens (including phenoxy) is 1. The number of hydrogen-bond acceptors (Lipinski definition) is 5. The molecular formula is C26H30N4O3. The second-order valence-electron chi connectivity index (χ2n) is 8.47. The average Bonchev–Trinajstić information content (AvgIpc) is 2.83. The molecule has 7 heteroatoms. The van der Waals surface area contributed by atoms with Crippen LogP contribution >= 0.6 is 0 Å². The molecule has 1 aliphatic rings. The van der Waals surface area contributed by atoms with E-state index in [4.69, 9.17) is 4.74 Å². The minimum Gasteiger partial charge on any atom is -0.496 e. The van der Waals surface area contributed by atoms with Crippen LogP contribution in [0.4, 0.5) is 0 Å². The fourth-order valence-corrected chi connectivity index (χ4v) is 4.32. The maximum absolute atomic E-state index is 12.7. The summed E-state index contributed by atoms with van der Waals surface area (Å²) in [6, 6.07) is 13.3. The summed E-state index contributed by atoms with van der Waals surface area (Å²) in [6.45, 7) is 6.41. The van der Waals surface area contributed by atoms with E-state index in [2.05, 4.69) is 27.4 Å². The van der Waals surface area contributed by atoms with Crippen LogP contribution in [0, 0.1) is 13.8 Å². The minimum atomic E-state index is -0.499. The fourth-order valence-electron chi connectivity index (χ4n) is 4.32. The largest absolute Gasteiger partial charge is 0.496 e. The summed E-state index contributed by atoms with van der Waals surface area (Å²) in [5.41, 5.74) is 5.30. The third-order valence-corrected chi connectivity index (χ3v) is 6.42. The highest BCUT2D eigenvalue weighted by molar-refractivity contribution is 5.89. The molecule has 1 aromatic heterocycles. The van der Waals surface area contributed by atoms with Crippen molar-refractivity contribution in [3.63, 3.8) is 0 Å². The Hall–Kier alpha value is -3.45. The summed E-state index contributed by atoms with van der Waals surface area (Å²) >= 11 is 0. The quantitative estimate of drug-likeness (QED) is 0.583. The second kappa shape index (κ2) is 10.0. The molecule has 3 aromatic rings. The molecule has 33 heavy (non-hydrogen) atoms. The summed E-state index contributed by atoms with van der Waals surface area (Å²) < 4.78 is 5.41. The van der Waals surface area contributed by atoms with E-state index in [-0.39, 0.29) is 18.2 Å². The number of amides is 2. The first-order valence-electron chi connectivity index (χ1n) is 11.2. The van der Waals surface area contributed by atoms with Crippen molar-refractivity contribution in [1.82, 2.24) is 20.5 Å². The first kappa shape index (κ1) is 22.7. The van der Waals surface area contributed by atoms with E-state index in [1.807, 2.05) is 49.4 Å². The molecular weight excluding hydrogens is 416 g/mol. The molecule has 0 aliphatic carbocycles. The van der Waals surface area contributed by atoms with Crippen molar-refractivity contribution in [2.75, 3.05) is 20.2 Å². The van der Waals surface area contributed by atoms with Gasteiger partial charge in [-0.1, -0.05) is 18.2 Å². The lowest BCUT2D eigenvalue weighted by Gasteiger charge is -2.35. The number of methoxy groups -OCH3 is 1. The van der Waals surface area contributed by atoms with Gasteiger partial charge in [-0.3, -0.25) is 19.5 Å². The van der Waals surface area contributed by atoms with Crippen LogP contribution in [0.25, 0.3) is 10.9 Å². The third-order valence-electron chi connectivity index (χ3n) is 6.42. The van der Waals surface area contributed by atoms with Gasteiger partial charge in [0, 0.05) is 37.8 Å². The number of pyridine rings is 1. The Morgan fingerprint density at radius 3 is 2.88 bits per heavy atom. The first-order valence-corrected chi connectivity index (χ1v) is 11.2. The molecule has 1 atom stereocenters. The van der Waals surface area contributed by atoms with Crippen LogP contribution in [-0.4, -0.2) is 47.9 Å². The predicted molar refractivity (Wildman–Crippen MR) is 128 cm³/mol. The van der Waals surface area contributed by atoms with Crippen molar-refractivity contribution in [2.24, 2.45) is 0 Å².